The molecule has 2 aromatic rings. The highest BCUT2D eigenvalue weighted by Crippen LogP contribution is 2.19. The number of hydrogen-bond acceptors (Lipinski definition) is 3. The van der Waals surface area contributed by atoms with Crippen LogP contribution in [0.15, 0.2) is 59.6 Å². The Hall–Kier alpha value is -2.20. The summed E-state index contributed by atoms with van der Waals surface area (Å²) in [5, 5.41) is 6.32. The van der Waals surface area contributed by atoms with Crippen LogP contribution < -0.4 is 10.6 Å². The first-order valence-corrected chi connectivity index (χ1v) is 9.78. The lowest BCUT2D eigenvalue weighted by Gasteiger charge is -2.31. The van der Waals surface area contributed by atoms with Crippen molar-refractivity contribution in [2.24, 2.45) is 4.99 Å². The molecule has 30 heavy (non-hydrogen) atoms. The molecule has 0 aromatic heterocycles. The molecular formula is C22H28FIN4O2. The third-order valence-electron chi connectivity index (χ3n) is 4.92. The zero-order chi connectivity index (χ0) is 20.5. The lowest BCUT2D eigenvalue weighted by molar-refractivity contribution is -0.136. The molecule has 2 aromatic carbocycles. The van der Waals surface area contributed by atoms with Crippen molar-refractivity contribution in [1.29, 1.82) is 0 Å². The first-order chi connectivity index (χ1) is 14.2. The van der Waals surface area contributed by atoms with Crippen LogP contribution in [0.2, 0.25) is 0 Å². The number of hydrogen-bond donors (Lipinski definition) is 2. The number of carbonyl (C=O) groups is 1. The van der Waals surface area contributed by atoms with Crippen LogP contribution in [0, 0.1) is 5.82 Å². The maximum absolute atomic E-state index is 13.8. The summed E-state index contributed by atoms with van der Waals surface area (Å²) < 4.78 is 19.2. The van der Waals surface area contributed by atoms with Gasteiger partial charge in [0.25, 0.3) is 0 Å². The highest BCUT2D eigenvalue weighted by molar-refractivity contribution is 14.0. The van der Waals surface area contributed by atoms with E-state index in [1.165, 1.54) is 6.07 Å². The summed E-state index contributed by atoms with van der Waals surface area (Å²) in [5.41, 5.74) is 1.50. The maximum Gasteiger partial charge on any atom is 0.232 e. The smallest absolute Gasteiger partial charge is 0.232 e. The van der Waals surface area contributed by atoms with Gasteiger partial charge in [0, 0.05) is 38.8 Å². The number of carbonyl (C=O) groups excluding carboxylic acids is 1. The molecule has 1 amide bonds. The van der Waals surface area contributed by atoms with Gasteiger partial charge in [-0.1, -0.05) is 48.5 Å². The second-order valence-electron chi connectivity index (χ2n) is 6.80. The van der Waals surface area contributed by atoms with Gasteiger partial charge in [-0.15, -0.1) is 24.0 Å². The fourth-order valence-corrected chi connectivity index (χ4v) is 3.28. The summed E-state index contributed by atoms with van der Waals surface area (Å²) >= 11 is 0. The molecule has 8 heteroatoms. The van der Waals surface area contributed by atoms with Crippen LogP contribution in [0.25, 0.3) is 0 Å². The van der Waals surface area contributed by atoms with Crippen molar-refractivity contribution < 1.29 is 13.9 Å². The van der Waals surface area contributed by atoms with Crippen LogP contribution in [0.5, 0.6) is 0 Å². The summed E-state index contributed by atoms with van der Waals surface area (Å²) in [6.07, 6.45) is 0. The average molecular weight is 526 g/mol. The molecule has 1 aliphatic rings. The standard InChI is InChI=1S/C22H27FN4O2.HI/c1-24-22(25-15-18-9-5-6-10-20(18)23)26-16-19(17-7-3-2-4-8-17)21(28)27-11-13-29-14-12-27;/h2-10,19H,11-16H2,1H3,(H2,24,25,26);1H. The van der Waals surface area contributed by atoms with Gasteiger partial charge in [0.05, 0.1) is 19.1 Å². The molecule has 1 saturated heterocycles. The SMILES string of the molecule is CN=C(NCc1ccccc1F)NCC(C(=O)N1CCOCC1)c1ccccc1.I. The minimum atomic E-state index is -0.346. The summed E-state index contributed by atoms with van der Waals surface area (Å²) in [6, 6.07) is 16.3. The first kappa shape index (κ1) is 24.1. The molecule has 2 N–H and O–H groups in total. The van der Waals surface area contributed by atoms with Crippen LogP contribution in [-0.2, 0) is 16.1 Å². The summed E-state index contributed by atoms with van der Waals surface area (Å²) in [7, 11) is 1.65. The number of amides is 1. The monoisotopic (exact) mass is 526 g/mol. The summed E-state index contributed by atoms with van der Waals surface area (Å²) in [6.45, 7) is 3.01. The Bertz CT molecular complexity index is 829. The number of benzene rings is 2. The number of rotatable bonds is 6. The average Bonchev–Trinajstić information content (AvgIpc) is 2.78. The van der Waals surface area contributed by atoms with E-state index in [2.05, 4.69) is 15.6 Å². The molecule has 1 unspecified atom stereocenters. The number of morpholine rings is 1. The minimum Gasteiger partial charge on any atom is -0.378 e. The Kier molecular flexibility index (Phi) is 10.0. The molecule has 162 valence electrons. The van der Waals surface area contributed by atoms with Gasteiger partial charge in [0.1, 0.15) is 5.82 Å². The lowest BCUT2D eigenvalue weighted by Crippen LogP contribution is -2.47. The third kappa shape index (κ3) is 6.66. The van der Waals surface area contributed by atoms with E-state index in [4.69, 9.17) is 4.74 Å². The zero-order valence-electron chi connectivity index (χ0n) is 17.0. The fraction of sp³-hybridized carbons (Fsp3) is 0.364. The molecule has 0 bridgehead atoms. The van der Waals surface area contributed by atoms with E-state index in [9.17, 15) is 9.18 Å². The predicted octanol–water partition coefficient (Wildman–Crippen LogP) is 2.75. The number of guanidine groups is 1. The predicted molar refractivity (Wildman–Crippen MR) is 127 cm³/mol. The quantitative estimate of drug-likeness (QED) is 0.345. The molecule has 3 rings (SSSR count). The van der Waals surface area contributed by atoms with E-state index in [0.29, 0.717) is 50.9 Å². The van der Waals surface area contributed by atoms with Crippen molar-refractivity contribution in [3.63, 3.8) is 0 Å². The fourth-order valence-electron chi connectivity index (χ4n) is 3.28. The lowest BCUT2D eigenvalue weighted by atomic mass is 9.97. The van der Waals surface area contributed by atoms with E-state index in [1.54, 1.807) is 25.2 Å². The van der Waals surface area contributed by atoms with E-state index in [1.807, 2.05) is 35.2 Å². The summed E-state index contributed by atoms with van der Waals surface area (Å²) in [4.78, 5) is 19.2. The van der Waals surface area contributed by atoms with Crippen LogP contribution >= 0.6 is 24.0 Å². The van der Waals surface area contributed by atoms with Crippen molar-refractivity contribution in [3.05, 3.63) is 71.5 Å². The van der Waals surface area contributed by atoms with Crippen molar-refractivity contribution >= 4 is 35.8 Å². The molecular weight excluding hydrogens is 498 g/mol. The number of ether oxygens (including phenoxy) is 1. The normalized spacial score (nSPS) is 15.1. The van der Waals surface area contributed by atoms with Crippen LogP contribution in [-0.4, -0.2) is 56.7 Å². The summed E-state index contributed by atoms with van der Waals surface area (Å²) in [5.74, 6) is -0.0260. The van der Waals surface area contributed by atoms with E-state index < -0.39 is 0 Å². The molecule has 6 nitrogen and oxygen atoms in total. The Balaban J connectivity index is 0.00000320. The van der Waals surface area contributed by atoms with E-state index in [-0.39, 0.29) is 41.6 Å². The number of aliphatic imine (C=N–C) groups is 1. The number of halogens is 2. The first-order valence-electron chi connectivity index (χ1n) is 9.78. The van der Waals surface area contributed by atoms with Gasteiger partial charge in [-0.05, 0) is 11.6 Å². The largest absolute Gasteiger partial charge is 0.378 e. The second-order valence-corrected chi connectivity index (χ2v) is 6.80. The molecule has 1 atom stereocenters. The van der Waals surface area contributed by atoms with Gasteiger partial charge in [0.15, 0.2) is 5.96 Å². The van der Waals surface area contributed by atoms with Gasteiger partial charge in [-0.2, -0.15) is 0 Å². The van der Waals surface area contributed by atoms with Gasteiger partial charge < -0.3 is 20.3 Å². The molecule has 1 aliphatic heterocycles. The number of nitrogens with one attached hydrogen (secondary N) is 2. The minimum absolute atomic E-state index is 0. The van der Waals surface area contributed by atoms with Crippen molar-refractivity contribution in [2.45, 2.75) is 12.5 Å². The van der Waals surface area contributed by atoms with Crippen LogP contribution in [0.4, 0.5) is 4.39 Å². The zero-order valence-corrected chi connectivity index (χ0v) is 19.3. The van der Waals surface area contributed by atoms with Gasteiger partial charge in [0.2, 0.25) is 5.91 Å². The van der Waals surface area contributed by atoms with Gasteiger partial charge >= 0.3 is 0 Å². The van der Waals surface area contributed by atoms with E-state index in [0.717, 1.165) is 5.56 Å². The second kappa shape index (κ2) is 12.5. The molecule has 1 fully saturated rings. The molecule has 0 spiro atoms. The van der Waals surface area contributed by atoms with Crippen molar-refractivity contribution in [3.8, 4) is 0 Å². The highest BCUT2D eigenvalue weighted by atomic mass is 127. The molecule has 0 radical (unpaired) electrons. The Morgan fingerprint density at radius 2 is 1.77 bits per heavy atom. The Labute approximate surface area is 193 Å². The Morgan fingerprint density at radius 1 is 1.10 bits per heavy atom. The van der Waals surface area contributed by atoms with E-state index >= 15 is 0 Å². The highest BCUT2D eigenvalue weighted by Gasteiger charge is 2.27. The molecule has 0 aliphatic carbocycles. The van der Waals surface area contributed by atoms with Crippen molar-refractivity contribution in [1.82, 2.24) is 15.5 Å². The van der Waals surface area contributed by atoms with Crippen LogP contribution in [0.1, 0.15) is 17.0 Å². The van der Waals surface area contributed by atoms with Gasteiger partial charge in [-0.25, -0.2) is 4.39 Å². The molecule has 1 heterocycles. The van der Waals surface area contributed by atoms with Gasteiger partial charge in [-0.3, -0.25) is 9.79 Å². The van der Waals surface area contributed by atoms with Crippen LogP contribution in [0.3, 0.4) is 0 Å². The van der Waals surface area contributed by atoms with Crippen molar-refractivity contribution in [2.75, 3.05) is 39.9 Å². The topological polar surface area (TPSA) is 66.0 Å². The Morgan fingerprint density at radius 3 is 2.43 bits per heavy atom. The molecule has 0 saturated carbocycles. The maximum atomic E-state index is 13.8. The third-order valence-corrected chi connectivity index (χ3v) is 4.92. The number of nitrogens with zero attached hydrogens (tertiary/aromatic N) is 2.